The topological polar surface area (TPSA) is 73.2 Å². The predicted molar refractivity (Wildman–Crippen MR) is 126 cm³/mol. The smallest absolute Gasteiger partial charge is 0.262 e. The number of anilines is 1. The van der Waals surface area contributed by atoms with E-state index in [-0.39, 0.29) is 11.5 Å². The number of hydrogen-bond donors (Lipinski definition) is 1. The molecule has 2 aromatic carbocycles. The number of amides is 1. The van der Waals surface area contributed by atoms with Crippen molar-refractivity contribution >= 4 is 44.9 Å². The van der Waals surface area contributed by atoms with Crippen LogP contribution in [0.5, 0.6) is 5.75 Å². The van der Waals surface area contributed by atoms with E-state index in [1.165, 1.54) is 27.7 Å². The Morgan fingerprint density at radius 1 is 1.19 bits per heavy atom. The molecule has 1 amide bonds. The third kappa shape index (κ3) is 4.35. The number of hydrogen-bond acceptors (Lipinski definition) is 6. The van der Waals surface area contributed by atoms with Crippen LogP contribution >= 0.6 is 23.1 Å². The van der Waals surface area contributed by atoms with Crippen molar-refractivity contribution in [3.05, 3.63) is 81.5 Å². The Balaban J connectivity index is 1.72. The van der Waals surface area contributed by atoms with E-state index in [9.17, 15) is 9.59 Å². The van der Waals surface area contributed by atoms with Gasteiger partial charge in [-0.1, -0.05) is 48.2 Å². The number of thioether (sulfide) groups is 1. The molecule has 1 atom stereocenters. The molecule has 0 saturated carbocycles. The largest absolute Gasteiger partial charge is 0.495 e. The van der Waals surface area contributed by atoms with E-state index in [1.807, 2.05) is 60.8 Å². The minimum Gasteiger partial charge on any atom is -0.495 e. The van der Waals surface area contributed by atoms with Gasteiger partial charge >= 0.3 is 0 Å². The molecule has 4 rings (SSSR count). The van der Waals surface area contributed by atoms with Gasteiger partial charge in [0.25, 0.3) is 5.56 Å². The SMILES string of the molecule is COc1ccc(C)cc1NC(=O)C(Sc1nc2sccc2c(=O)n1C)c1ccccc1. The fraction of sp³-hybridized carbons (Fsp3) is 0.174. The molecule has 0 bridgehead atoms. The molecule has 0 radical (unpaired) electrons. The lowest BCUT2D eigenvalue weighted by Gasteiger charge is -2.19. The third-order valence-corrected chi connectivity index (χ3v) is 6.95. The molecule has 2 heterocycles. The minimum atomic E-state index is -0.609. The number of thiophene rings is 1. The summed E-state index contributed by atoms with van der Waals surface area (Å²) in [6, 6.07) is 16.9. The van der Waals surface area contributed by atoms with Crippen molar-refractivity contribution in [3.63, 3.8) is 0 Å². The lowest BCUT2D eigenvalue weighted by atomic mass is 10.1. The molecule has 4 aromatic rings. The summed E-state index contributed by atoms with van der Waals surface area (Å²) in [6.07, 6.45) is 0. The highest BCUT2D eigenvalue weighted by Gasteiger charge is 2.25. The zero-order valence-electron chi connectivity index (χ0n) is 17.3. The Hall–Kier alpha value is -3.10. The van der Waals surface area contributed by atoms with Gasteiger partial charge in [-0.05, 0) is 41.6 Å². The Labute approximate surface area is 187 Å². The van der Waals surface area contributed by atoms with Gasteiger partial charge in [0.2, 0.25) is 5.91 Å². The van der Waals surface area contributed by atoms with Crippen LogP contribution in [-0.2, 0) is 11.8 Å². The lowest BCUT2D eigenvalue weighted by Crippen LogP contribution is -2.23. The van der Waals surface area contributed by atoms with Crippen LogP contribution in [0.15, 0.2) is 69.9 Å². The summed E-state index contributed by atoms with van der Waals surface area (Å²) in [4.78, 5) is 31.4. The number of nitrogens with zero attached hydrogens (tertiary/aromatic N) is 2. The molecule has 0 saturated heterocycles. The van der Waals surface area contributed by atoms with Gasteiger partial charge in [-0.2, -0.15) is 0 Å². The van der Waals surface area contributed by atoms with Crippen molar-refractivity contribution in [3.8, 4) is 5.75 Å². The maximum absolute atomic E-state index is 13.4. The molecule has 0 aliphatic carbocycles. The van der Waals surface area contributed by atoms with Crippen LogP contribution in [0.1, 0.15) is 16.4 Å². The molecule has 0 fully saturated rings. The van der Waals surface area contributed by atoms with Crippen LogP contribution in [0.2, 0.25) is 0 Å². The maximum atomic E-state index is 13.4. The van der Waals surface area contributed by atoms with Crippen molar-refractivity contribution in [2.75, 3.05) is 12.4 Å². The van der Waals surface area contributed by atoms with Crippen molar-refractivity contribution in [1.29, 1.82) is 0 Å². The normalized spacial score (nSPS) is 12.0. The van der Waals surface area contributed by atoms with E-state index in [4.69, 9.17) is 4.74 Å². The zero-order valence-corrected chi connectivity index (χ0v) is 18.9. The molecule has 8 heteroatoms. The van der Waals surface area contributed by atoms with E-state index in [0.29, 0.717) is 26.8 Å². The number of benzene rings is 2. The summed E-state index contributed by atoms with van der Waals surface area (Å²) in [7, 11) is 3.25. The number of aromatic nitrogens is 2. The van der Waals surface area contributed by atoms with Crippen LogP contribution in [0.25, 0.3) is 10.2 Å². The highest BCUT2D eigenvalue weighted by molar-refractivity contribution is 8.00. The van der Waals surface area contributed by atoms with Crippen molar-refractivity contribution in [2.45, 2.75) is 17.3 Å². The molecular formula is C23H21N3O3S2. The Bertz CT molecular complexity index is 1300. The van der Waals surface area contributed by atoms with Gasteiger partial charge in [0.1, 0.15) is 15.8 Å². The number of carbonyl (C=O) groups is 1. The molecule has 2 aromatic heterocycles. The molecule has 0 aliphatic heterocycles. The maximum Gasteiger partial charge on any atom is 0.262 e. The van der Waals surface area contributed by atoms with Gasteiger partial charge in [0, 0.05) is 7.05 Å². The average molecular weight is 452 g/mol. The first-order valence-electron chi connectivity index (χ1n) is 9.59. The minimum absolute atomic E-state index is 0.124. The van der Waals surface area contributed by atoms with Gasteiger partial charge < -0.3 is 10.1 Å². The quantitative estimate of drug-likeness (QED) is 0.337. The van der Waals surface area contributed by atoms with E-state index in [1.54, 1.807) is 20.2 Å². The number of ether oxygens (including phenoxy) is 1. The Morgan fingerprint density at radius 2 is 1.97 bits per heavy atom. The fourth-order valence-corrected chi connectivity index (χ4v) is 5.08. The number of aryl methyl sites for hydroxylation is 1. The molecule has 0 spiro atoms. The first kappa shape index (κ1) is 21.1. The second-order valence-electron chi connectivity index (χ2n) is 7.00. The molecule has 158 valence electrons. The first-order chi connectivity index (χ1) is 15.0. The number of nitrogens with one attached hydrogen (secondary N) is 1. The summed E-state index contributed by atoms with van der Waals surface area (Å²) in [6.45, 7) is 1.95. The monoisotopic (exact) mass is 451 g/mol. The molecule has 1 unspecified atom stereocenters. The van der Waals surface area contributed by atoms with E-state index in [0.717, 1.165) is 11.1 Å². The number of methoxy groups -OCH3 is 1. The van der Waals surface area contributed by atoms with Gasteiger partial charge in [0.15, 0.2) is 5.16 Å². The van der Waals surface area contributed by atoms with Crippen molar-refractivity contribution in [1.82, 2.24) is 9.55 Å². The predicted octanol–water partition coefficient (Wildman–Crippen LogP) is 4.78. The highest BCUT2D eigenvalue weighted by Crippen LogP contribution is 2.36. The van der Waals surface area contributed by atoms with Crippen LogP contribution in [0, 0.1) is 6.92 Å². The van der Waals surface area contributed by atoms with Gasteiger partial charge in [-0.3, -0.25) is 14.2 Å². The van der Waals surface area contributed by atoms with Gasteiger partial charge in [0.05, 0.1) is 18.2 Å². The lowest BCUT2D eigenvalue weighted by molar-refractivity contribution is -0.115. The summed E-state index contributed by atoms with van der Waals surface area (Å²) in [5.41, 5.74) is 2.30. The van der Waals surface area contributed by atoms with E-state index >= 15 is 0 Å². The van der Waals surface area contributed by atoms with Crippen LogP contribution in [0.4, 0.5) is 5.69 Å². The molecule has 0 aliphatic rings. The zero-order chi connectivity index (χ0) is 22.0. The summed E-state index contributed by atoms with van der Waals surface area (Å²) in [5.74, 6) is 0.363. The first-order valence-corrected chi connectivity index (χ1v) is 11.3. The molecule has 1 N–H and O–H groups in total. The van der Waals surface area contributed by atoms with E-state index < -0.39 is 5.25 Å². The Kier molecular flexibility index (Phi) is 6.11. The summed E-state index contributed by atoms with van der Waals surface area (Å²) in [5, 5.41) is 5.30. The number of carbonyl (C=O) groups excluding carboxylic acids is 1. The van der Waals surface area contributed by atoms with Crippen LogP contribution in [0.3, 0.4) is 0 Å². The third-order valence-electron chi connectivity index (χ3n) is 4.84. The number of fused-ring (bicyclic) bond motifs is 1. The molecular weight excluding hydrogens is 430 g/mol. The fourth-order valence-electron chi connectivity index (χ4n) is 3.21. The summed E-state index contributed by atoms with van der Waals surface area (Å²) >= 11 is 2.66. The van der Waals surface area contributed by atoms with E-state index in [2.05, 4.69) is 10.3 Å². The Morgan fingerprint density at radius 3 is 2.71 bits per heavy atom. The standard InChI is InChI=1S/C23H21N3O3S2/c1-14-9-10-18(29-3)17(13-14)24-20(27)19(15-7-5-4-6-8-15)31-23-25-21-16(11-12-30-21)22(28)26(23)2/h4-13,19H,1-3H3,(H,24,27). The van der Waals surface area contributed by atoms with Crippen molar-refractivity contribution < 1.29 is 9.53 Å². The molecule has 31 heavy (non-hydrogen) atoms. The highest BCUT2D eigenvalue weighted by atomic mass is 32.2. The average Bonchev–Trinajstić information content (AvgIpc) is 3.24. The number of rotatable bonds is 6. The summed E-state index contributed by atoms with van der Waals surface area (Å²) < 4.78 is 6.90. The van der Waals surface area contributed by atoms with Crippen molar-refractivity contribution in [2.24, 2.45) is 7.05 Å². The van der Waals surface area contributed by atoms with Crippen LogP contribution < -0.4 is 15.6 Å². The second-order valence-corrected chi connectivity index (χ2v) is 8.97. The van der Waals surface area contributed by atoms with Crippen LogP contribution in [-0.4, -0.2) is 22.6 Å². The van der Waals surface area contributed by atoms with Gasteiger partial charge in [-0.25, -0.2) is 4.98 Å². The van der Waals surface area contributed by atoms with Gasteiger partial charge in [-0.15, -0.1) is 11.3 Å². The molecule has 6 nitrogen and oxygen atoms in total. The second kappa shape index (κ2) is 8.95.